The number of halogens is 1. The van der Waals surface area contributed by atoms with Crippen LogP contribution in [-0.4, -0.2) is 23.3 Å². The molecule has 2 heterocycles. The maximum absolute atomic E-state index is 6.11. The Bertz CT molecular complexity index is 747. The minimum absolute atomic E-state index is 0.153. The van der Waals surface area contributed by atoms with Crippen molar-refractivity contribution < 1.29 is 0 Å². The zero-order chi connectivity index (χ0) is 11.8. The molecule has 2 nitrogen and oxygen atoms in total. The topological polar surface area (TPSA) is 17.8 Å². The first-order chi connectivity index (χ1) is 8.27. The Morgan fingerprint density at radius 2 is 2.00 bits per heavy atom. The Hall–Kier alpha value is -0.931. The van der Waals surface area contributed by atoms with E-state index in [2.05, 4.69) is 20.7 Å². The number of pyridine rings is 1. The molecular formula is C12H7ClN2SSe. The Labute approximate surface area is 114 Å². The second-order valence-corrected chi connectivity index (χ2v) is 6.32. The zero-order valence-electron chi connectivity index (χ0n) is 8.63. The van der Waals surface area contributed by atoms with Crippen LogP contribution in [0, 0.1) is 4.64 Å². The molecule has 3 aromatic rings. The fraction of sp³-hybridized carbons (Fsp3) is 0. The molecule has 0 atom stereocenters. The average Bonchev–Trinajstić information content (AvgIpc) is 2.68. The van der Waals surface area contributed by atoms with Crippen LogP contribution < -0.4 is 0 Å². The molecule has 84 valence electrons. The molecular weight excluding hydrogens is 319 g/mol. The van der Waals surface area contributed by atoms with Gasteiger partial charge in [-0.1, -0.05) is 0 Å². The molecule has 3 rings (SSSR count). The van der Waals surface area contributed by atoms with Crippen molar-refractivity contribution in [2.24, 2.45) is 0 Å². The number of rotatable bonds is 1. The molecule has 0 spiro atoms. The van der Waals surface area contributed by atoms with Crippen LogP contribution in [0.25, 0.3) is 15.3 Å². The van der Waals surface area contributed by atoms with Gasteiger partial charge in [0.15, 0.2) is 0 Å². The molecule has 0 aliphatic rings. The first-order valence-corrected chi connectivity index (χ1v) is 7.40. The van der Waals surface area contributed by atoms with E-state index >= 15 is 0 Å². The van der Waals surface area contributed by atoms with E-state index in [0.717, 1.165) is 15.7 Å². The summed E-state index contributed by atoms with van der Waals surface area (Å²) in [4.78, 5) is 4.10. The van der Waals surface area contributed by atoms with Gasteiger partial charge in [-0.05, 0) is 0 Å². The molecule has 0 radical (unpaired) electrons. The SMILES string of the molecule is S=c1c2ccccc2[se]n1-c1cccnc1Cl. The van der Waals surface area contributed by atoms with E-state index in [4.69, 9.17) is 23.8 Å². The third-order valence-corrected chi connectivity index (χ3v) is 5.74. The van der Waals surface area contributed by atoms with Crippen molar-refractivity contribution >= 4 is 48.2 Å². The Morgan fingerprint density at radius 1 is 1.18 bits per heavy atom. The van der Waals surface area contributed by atoms with Gasteiger partial charge in [-0.2, -0.15) is 0 Å². The van der Waals surface area contributed by atoms with E-state index in [1.54, 1.807) is 6.20 Å². The van der Waals surface area contributed by atoms with Crippen LogP contribution in [0.4, 0.5) is 0 Å². The molecule has 2 aromatic heterocycles. The second kappa shape index (κ2) is 4.39. The van der Waals surface area contributed by atoms with E-state index in [1.807, 2.05) is 24.3 Å². The predicted molar refractivity (Wildman–Crippen MR) is 73.9 cm³/mol. The van der Waals surface area contributed by atoms with E-state index in [1.165, 1.54) is 4.26 Å². The zero-order valence-corrected chi connectivity index (χ0v) is 11.9. The number of fused-ring (bicyclic) bond motifs is 1. The fourth-order valence-corrected chi connectivity index (χ4v) is 4.75. The second-order valence-electron chi connectivity index (χ2n) is 3.50. The first-order valence-electron chi connectivity index (χ1n) is 4.99. The third kappa shape index (κ3) is 1.87. The van der Waals surface area contributed by atoms with Crippen molar-refractivity contribution in [2.45, 2.75) is 0 Å². The van der Waals surface area contributed by atoms with Crippen molar-refractivity contribution in [3.8, 4) is 5.69 Å². The van der Waals surface area contributed by atoms with Gasteiger partial charge < -0.3 is 0 Å². The Balaban J connectivity index is 2.36. The number of hydrogen-bond donors (Lipinski definition) is 0. The Kier molecular flexibility index (Phi) is 2.89. The van der Waals surface area contributed by atoms with E-state index in [-0.39, 0.29) is 14.7 Å². The van der Waals surface area contributed by atoms with Crippen molar-refractivity contribution in [3.05, 3.63) is 52.4 Å². The first kappa shape index (κ1) is 11.2. The summed E-state index contributed by atoms with van der Waals surface area (Å²) in [7, 11) is 0. The molecule has 1 aromatic carbocycles. The van der Waals surface area contributed by atoms with Crippen molar-refractivity contribution in [2.75, 3.05) is 0 Å². The molecule has 0 saturated heterocycles. The van der Waals surface area contributed by atoms with Gasteiger partial charge in [-0.25, -0.2) is 0 Å². The maximum atomic E-state index is 6.11. The normalized spacial score (nSPS) is 10.9. The third-order valence-electron chi connectivity index (χ3n) is 2.45. The molecule has 0 saturated carbocycles. The molecule has 0 fully saturated rings. The van der Waals surface area contributed by atoms with Crippen LogP contribution in [0.2, 0.25) is 5.15 Å². The van der Waals surface area contributed by atoms with Gasteiger partial charge in [-0.3, -0.25) is 0 Å². The van der Waals surface area contributed by atoms with Crippen LogP contribution in [0.15, 0.2) is 42.6 Å². The van der Waals surface area contributed by atoms with Gasteiger partial charge >= 0.3 is 115 Å². The summed E-state index contributed by atoms with van der Waals surface area (Å²) in [5, 5.41) is 1.65. The van der Waals surface area contributed by atoms with Crippen molar-refractivity contribution in [3.63, 3.8) is 0 Å². The van der Waals surface area contributed by atoms with Crippen molar-refractivity contribution in [1.29, 1.82) is 0 Å². The summed E-state index contributed by atoms with van der Waals surface area (Å²) >= 11 is 11.8. The fourth-order valence-electron chi connectivity index (χ4n) is 1.66. The van der Waals surface area contributed by atoms with Crippen LogP contribution >= 0.6 is 23.8 Å². The van der Waals surface area contributed by atoms with Crippen LogP contribution in [0.1, 0.15) is 0 Å². The predicted octanol–water partition coefficient (Wildman–Crippen LogP) is 3.47. The minimum atomic E-state index is 0.153. The summed E-state index contributed by atoms with van der Waals surface area (Å²) in [5.74, 6) is 0. The monoisotopic (exact) mass is 326 g/mol. The van der Waals surface area contributed by atoms with Gasteiger partial charge in [0, 0.05) is 0 Å². The standard InChI is InChI=1S/C12H7ClN2SSe/c13-11-9(5-3-7-14-11)15-12(16)8-4-1-2-6-10(8)17-15/h1-7H. The van der Waals surface area contributed by atoms with Gasteiger partial charge in [0.2, 0.25) is 0 Å². The molecule has 17 heavy (non-hydrogen) atoms. The summed E-state index contributed by atoms with van der Waals surface area (Å²) in [6, 6.07) is 12.1. The Morgan fingerprint density at radius 3 is 2.76 bits per heavy atom. The van der Waals surface area contributed by atoms with Gasteiger partial charge in [0.05, 0.1) is 0 Å². The molecule has 0 aliphatic carbocycles. The van der Waals surface area contributed by atoms with Crippen LogP contribution in [0.5, 0.6) is 0 Å². The molecule has 0 bridgehead atoms. The van der Waals surface area contributed by atoms with Gasteiger partial charge in [0.25, 0.3) is 0 Å². The quantitative estimate of drug-likeness (QED) is 0.387. The van der Waals surface area contributed by atoms with E-state index < -0.39 is 0 Å². The molecule has 0 unspecified atom stereocenters. The molecule has 5 heteroatoms. The molecule has 0 N–H and O–H groups in total. The van der Waals surface area contributed by atoms with Crippen molar-refractivity contribution in [1.82, 2.24) is 8.55 Å². The average molecular weight is 326 g/mol. The van der Waals surface area contributed by atoms with Gasteiger partial charge in [0.1, 0.15) is 0 Å². The van der Waals surface area contributed by atoms with E-state index in [9.17, 15) is 0 Å². The molecule has 0 amide bonds. The van der Waals surface area contributed by atoms with Crippen LogP contribution in [-0.2, 0) is 0 Å². The summed E-state index contributed by atoms with van der Waals surface area (Å²) in [6.07, 6.45) is 1.69. The number of hydrogen-bond acceptors (Lipinski definition) is 2. The van der Waals surface area contributed by atoms with Crippen LogP contribution in [0.3, 0.4) is 0 Å². The summed E-state index contributed by atoms with van der Waals surface area (Å²) in [6.45, 7) is 0. The number of benzene rings is 1. The molecule has 0 aliphatic heterocycles. The summed E-state index contributed by atoms with van der Waals surface area (Å²) in [5.41, 5.74) is 0.898. The van der Waals surface area contributed by atoms with Gasteiger partial charge in [-0.15, -0.1) is 0 Å². The van der Waals surface area contributed by atoms with E-state index in [0.29, 0.717) is 5.15 Å². The number of nitrogens with zero attached hydrogens (tertiary/aromatic N) is 2. The summed E-state index contributed by atoms with van der Waals surface area (Å²) < 4.78 is 4.22. The number of aromatic nitrogens is 2.